The molecule has 0 bridgehead atoms. The molecule has 0 saturated carbocycles. The van der Waals surface area contributed by atoms with Gasteiger partial charge in [0.25, 0.3) is 0 Å². The second kappa shape index (κ2) is 8.48. The van der Waals surface area contributed by atoms with Crippen LogP contribution in [0.5, 0.6) is 0 Å². The second-order valence-electron chi connectivity index (χ2n) is 6.46. The number of hydrogen-bond donors (Lipinski definition) is 1. The van der Waals surface area contributed by atoms with Crippen molar-refractivity contribution in [1.29, 1.82) is 0 Å². The summed E-state index contributed by atoms with van der Waals surface area (Å²) in [6.07, 6.45) is 0. The molecule has 3 nitrogen and oxygen atoms in total. The van der Waals surface area contributed by atoms with Crippen LogP contribution in [0.15, 0.2) is 96.4 Å². The fourth-order valence-electron chi connectivity index (χ4n) is 3.44. The second-order valence-corrected chi connectivity index (χ2v) is 7.40. The molecular weight excluding hydrogens is 366 g/mol. The maximum Gasteiger partial charge on any atom is 0.144 e. The lowest BCUT2D eigenvalue weighted by Gasteiger charge is -2.35. The molecule has 1 aromatic heterocycles. The molecule has 0 amide bonds. The van der Waals surface area contributed by atoms with E-state index >= 15 is 0 Å². The summed E-state index contributed by atoms with van der Waals surface area (Å²) in [6, 6.07) is 30.8. The van der Waals surface area contributed by atoms with Crippen LogP contribution in [0.3, 0.4) is 0 Å². The molecule has 0 atom stereocenters. The Balaban J connectivity index is 1.85. The maximum absolute atomic E-state index is 9.32. The van der Waals surface area contributed by atoms with Crippen molar-refractivity contribution in [3.8, 4) is 0 Å². The molecule has 140 valence electrons. The molecule has 0 aliphatic carbocycles. The van der Waals surface area contributed by atoms with E-state index in [1.54, 1.807) is 0 Å². The van der Waals surface area contributed by atoms with Gasteiger partial charge in [-0.2, -0.15) is 0 Å². The number of thiazole rings is 1. The average Bonchev–Trinajstić information content (AvgIpc) is 3.25. The Morgan fingerprint density at radius 3 is 1.61 bits per heavy atom. The van der Waals surface area contributed by atoms with Crippen molar-refractivity contribution >= 4 is 11.3 Å². The topological polar surface area (TPSA) is 42.4 Å². The van der Waals surface area contributed by atoms with Crippen molar-refractivity contribution in [3.05, 3.63) is 124 Å². The van der Waals surface area contributed by atoms with E-state index in [4.69, 9.17) is 4.74 Å². The minimum absolute atomic E-state index is 0.0497. The SMILES string of the molecule is OCc1nc(COC(c2ccccc2)(c2ccccc2)c2ccccc2)cs1. The smallest absolute Gasteiger partial charge is 0.144 e. The van der Waals surface area contributed by atoms with Crippen molar-refractivity contribution in [2.24, 2.45) is 0 Å². The monoisotopic (exact) mass is 387 g/mol. The summed E-state index contributed by atoms with van der Waals surface area (Å²) >= 11 is 1.45. The highest BCUT2D eigenvalue weighted by Gasteiger charge is 2.37. The van der Waals surface area contributed by atoms with Gasteiger partial charge < -0.3 is 9.84 Å². The van der Waals surface area contributed by atoms with E-state index in [0.29, 0.717) is 11.6 Å². The zero-order chi connectivity index (χ0) is 19.2. The molecule has 28 heavy (non-hydrogen) atoms. The maximum atomic E-state index is 9.32. The Morgan fingerprint density at radius 2 is 1.21 bits per heavy atom. The van der Waals surface area contributed by atoms with Crippen molar-refractivity contribution < 1.29 is 9.84 Å². The van der Waals surface area contributed by atoms with Crippen LogP contribution in [0, 0.1) is 0 Å². The van der Waals surface area contributed by atoms with E-state index in [1.807, 2.05) is 60.0 Å². The number of aliphatic hydroxyl groups excluding tert-OH is 1. The lowest BCUT2D eigenvalue weighted by Crippen LogP contribution is -2.32. The summed E-state index contributed by atoms with van der Waals surface area (Å²) in [7, 11) is 0. The molecule has 0 saturated heterocycles. The molecule has 0 aliphatic rings. The number of aromatic nitrogens is 1. The third-order valence-electron chi connectivity index (χ3n) is 4.71. The number of nitrogens with zero attached hydrogens (tertiary/aromatic N) is 1. The molecule has 0 radical (unpaired) electrons. The van der Waals surface area contributed by atoms with Crippen LogP contribution in [-0.2, 0) is 23.6 Å². The minimum Gasteiger partial charge on any atom is -0.389 e. The van der Waals surface area contributed by atoms with Crippen LogP contribution in [0.4, 0.5) is 0 Å². The number of aliphatic hydroxyl groups is 1. The molecule has 1 heterocycles. The van der Waals surface area contributed by atoms with Gasteiger partial charge in [-0.15, -0.1) is 11.3 Å². The standard InChI is InChI=1S/C24H21NO2S/c26-16-23-25-22(18-28-23)17-27-24(19-10-4-1-5-11-19,20-12-6-2-7-13-20)21-14-8-3-9-15-21/h1-15,18,26H,16-17H2. The first kappa shape index (κ1) is 18.6. The van der Waals surface area contributed by atoms with E-state index in [-0.39, 0.29) is 6.61 Å². The van der Waals surface area contributed by atoms with E-state index in [0.717, 1.165) is 22.4 Å². The normalized spacial score (nSPS) is 11.5. The van der Waals surface area contributed by atoms with Gasteiger partial charge >= 0.3 is 0 Å². The molecule has 1 N–H and O–H groups in total. The molecule has 4 aromatic rings. The highest BCUT2D eigenvalue weighted by molar-refractivity contribution is 7.09. The van der Waals surface area contributed by atoms with Gasteiger partial charge in [-0.25, -0.2) is 4.98 Å². The average molecular weight is 388 g/mol. The van der Waals surface area contributed by atoms with E-state index in [2.05, 4.69) is 41.4 Å². The zero-order valence-electron chi connectivity index (χ0n) is 15.4. The van der Waals surface area contributed by atoms with Crippen LogP contribution in [0.25, 0.3) is 0 Å². The third kappa shape index (κ3) is 3.62. The first-order chi connectivity index (χ1) is 13.8. The van der Waals surface area contributed by atoms with E-state index in [1.165, 1.54) is 11.3 Å². The van der Waals surface area contributed by atoms with Gasteiger partial charge in [-0.1, -0.05) is 91.0 Å². The summed E-state index contributed by atoms with van der Waals surface area (Å²) in [4.78, 5) is 4.46. The number of rotatable bonds is 7. The minimum atomic E-state index is -0.757. The molecule has 0 fully saturated rings. The van der Waals surface area contributed by atoms with E-state index in [9.17, 15) is 5.11 Å². The van der Waals surface area contributed by atoms with Crippen molar-refractivity contribution in [3.63, 3.8) is 0 Å². The van der Waals surface area contributed by atoms with Gasteiger partial charge in [-0.05, 0) is 16.7 Å². The van der Waals surface area contributed by atoms with Gasteiger partial charge in [0.1, 0.15) is 10.6 Å². The third-order valence-corrected chi connectivity index (χ3v) is 5.59. The van der Waals surface area contributed by atoms with Gasteiger partial charge in [0, 0.05) is 5.38 Å². The van der Waals surface area contributed by atoms with Gasteiger partial charge in [0.2, 0.25) is 0 Å². The molecule has 0 spiro atoms. The first-order valence-corrected chi connectivity index (χ1v) is 10.1. The van der Waals surface area contributed by atoms with Crippen LogP contribution in [0.2, 0.25) is 0 Å². The van der Waals surface area contributed by atoms with Crippen LogP contribution >= 0.6 is 11.3 Å². The lowest BCUT2D eigenvalue weighted by atomic mass is 9.80. The summed E-state index contributed by atoms with van der Waals surface area (Å²) in [5.41, 5.74) is 3.24. The number of benzene rings is 3. The molecule has 0 unspecified atom stereocenters. The zero-order valence-corrected chi connectivity index (χ0v) is 16.2. The summed E-state index contributed by atoms with van der Waals surface area (Å²) < 4.78 is 6.69. The Labute approximate surface area is 168 Å². The van der Waals surface area contributed by atoms with Crippen molar-refractivity contribution in [2.45, 2.75) is 18.8 Å². The fourth-order valence-corrected chi connectivity index (χ4v) is 4.08. The van der Waals surface area contributed by atoms with Crippen LogP contribution < -0.4 is 0 Å². The van der Waals surface area contributed by atoms with Crippen LogP contribution in [-0.4, -0.2) is 10.1 Å². The molecule has 3 aromatic carbocycles. The summed E-state index contributed by atoms with van der Waals surface area (Å²) in [6.45, 7) is 0.293. The Hall–Kier alpha value is -2.79. The summed E-state index contributed by atoms with van der Waals surface area (Å²) in [5, 5.41) is 12.0. The highest BCUT2D eigenvalue weighted by Crippen LogP contribution is 2.41. The largest absolute Gasteiger partial charge is 0.389 e. The number of hydrogen-bond acceptors (Lipinski definition) is 4. The molecule has 0 aliphatic heterocycles. The van der Waals surface area contributed by atoms with Gasteiger partial charge in [0.05, 0.1) is 18.9 Å². The Kier molecular flexibility index (Phi) is 5.63. The quantitative estimate of drug-likeness (QED) is 0.446. The Morgan fingerprint density at radius 1 is 0.750 bits per heavy atom. The Bertz CT molecular complexity index is 904. The van der Waals surface area contributed by atoms with Crippen molar-refractivity contribution in [1.82, 2.24) is 4.98 Å². The predicted molar refractivity (Wildman–Crippen MR) is 112 cm³/mol. The molecule has 4 rings (SSSR count). The molecular formula is C24H21NO2S. The van der Waals surface area contributed by atoms with Gasteiger partial charge in [-0.3, -0.25) is 0 Å². The predicted octanol–water partition coefficient (Wildman–Crippen LogP) is 5.14. The number of ether oxygens (including phenoxy) is 1. The molecule has 4 heteroatoms. The van der Waals surface area contributed by atoms with E-state index < -0.39 is 5.60 Å². The highest BCUT2D eigenvalue weighted by atomic mass is 32.1. The van der Waals surface area contributed by atoms with Gasteiger partial charge in [0.15, 0.2) is 0 Å². The lowest BCUT2D eigenvalue weighted by molar-refractivity contribution is -0.00127. The van der Waals surface area contributed by atoms with Crippen molar-refractivity contribution in [2.75, 3.05) is 0 Å². The van der Waals surface area contributed by atoms with Crippen LogP contribution in [0.1, 0.15) is 27.4 Å². The fraction of sp³-hybridized carbons (Fsp3) is 0.125. The first-order valence-electron chi connectivity index (χ1n) is 9.17. The summed E-state index contributed by atoms with van der Waals surface area (Å²) in [5.74, 6) is 0.